The van der Waals surface area contributed by atoms with E-state index in [1.54, 1.807) is 39.4 Å². The second kappa shape index (κ2) is 11.5. The lowest BCUT2D eigenvalue weighted by atomic mass is 10.1. The van der Waals surface area contributed by atoms with Crippen molar-refractivity contribution in [2.45, 2.75) is 45.1 Å². The number of methoxy groups -OCH3 is 2. The number of ether oxygens (including phenoxy) is 4. The molecule has 1 amide bonds. The van der Waals surface area contributed by atoms with Crippen molar-refractivity contribution in [3.63, 3.8) is 0 Å². The van der Waals surface area contributed by atoms with E-state index in [1.165, 1.54) is 11.1 Å². The zero-order chi connectivity index (χ0) is 27.6. The minimum atomic E-state index is -0.684. The number of nitrogens with one attached hydrogen (secondary N) is 1. The predicted molar refractivity (Wildman–Crippen MR) is 145 cm³/mol. The Morgan fingerprint density at radius 3 is 2.74 bits per heavy atom. The predicted octanol–water partition coefficient (Wildman–Crippen LogP) is 4.44. The van der Waals surface area contributed by atoms with Crippen molar-refractivity contribution in [2.75, 3.05) is 39.3 Å². The summed E-state index contributed by atoms with van der Waals surface area (Å²) in [5.74, 6) is 2.38. The molecule has 11 nitrogen and oxygen atoms in total. The number of aliphatic hydroxyl groups is 1. The maximum absolute atomic E-state index is 12.9. The number of amides is 1. The Bertz CT molecular complexity index is 1310. The number of aliphatic hydroxyl groups excluding tert-OH is 1. The number of aromatic nitrogens is 3. The maximum atomic E-state index is 12.9. The Balaban J connectivity index is 1.64. The van der Waals surface area contributed by atoms with Crippen LogP contribution in [0.25, 0.3) is 5.52 Å². The van der Waals surface area contributed by atoms with Gasteiger partial charge in [0.25, 0.3) is 0 Å². The van der Waals surface area contributed by atoms with Crippen LogP contribution in [-0.2, 0) is 16.0 Å². The zero-order valence-electron chi connectivity index (χ0n) is 21.8. The van der Waals surface area contributed by atoms with E-state index in [0.29, 0.717) is 45.0 Å². The fourth-order valence-electron chi connectivity index (χ4n) is 4.14. The number of imidazole rings is 1. The van der Waals surface area contributed by atoms with Gasteiger partial charge in [-0.05, 0) is 48.8 Å². The van der Waals surface area contributed by atoms with Crippen LogP contribution in [0.4, 0.5) is 10.6 Å². The molecule has 1 aromatic carbocycles. The molecular weight excluding hydrogens is 582 g/mol. The van der Waals surface area contributed by atoms with Gasteiger partial charge >= 0.3 is 6.09 Å². The molecule has 3 heterocycles. The van der Waals surface area contributed by atoms with Crippen LogP contribution in [0.1, 0.15) is 38.3 Å². The number of carbonyl (C=O) groups excluding carboxylic acids is 1. The highest BCUT2D eigenvalue weighted by molar-refractivity contribution is 9.10. The van der Waals surface area contributed by atoms with E-state index >= 15 is 0 Å². The Kier molecular flexibility index (Phi) is 8.55. The normalized spacial score (nSPS) is 17.9. The highest BCUT2D eigenvalue weighted by Gasteiger charge is 2.37. The Hall–Kier alpha value is -2.80. The maximum Gasteiger partial charge on any atom is 0.410 e. The molecule has 2 N–H and O–H groups in total. The largest absolute Gasteiger partial charge is 0.497 e. The summed E-state index contributed by atoms with van der Waals surface area (Å²) in [7, 11) is 3.20. The van der Waals surface area contributed by atoms with Gasteiger partial charge in [0, 0.05) is 18.2 Å². The molecular formula is C25H31BrClN5O6. The molecule has 1 fully saturated rings. The van der Waals surface area contributed by atoms with Crippen LogP contribution in [0.5, 0.6) is 11.5 Å². The number of hydrogen-bond acceptors (Lipinski definition) is 9. The molecule has 2 atom stereocenters. The van der Waals surface area contributed by atoms with Gasteiger partial charge in [0.2, 0.25) is 0 Å². The summed E-state index contributed by atoms with van der Waals surface area (Å²) >= 11 is 10.1. The van der Waals surface area contributed by atoms with Gasteiger partial charge < -0.3 is 29.4 Å². The van der Waals surface area contributed by atoms with Crippen molar-refractivity contribution >= 4 is 45.0 Å². The van der Waals surface area contributed by atoms with E-state index in [2.05, 4.69) is 31.2 Å². The molecule has 206 valence electrons. The van der Waals surface area contributed by atoms with Crippen LogP contribution in [0.15, 0.2) is 29.0 Å². The van der Waals surface area contributed by atoms with Gasteiger partial charge in [-0.3, -0.25) is 9.30 Å². The summed E-state index contributed by atoms with van der Waals surface area (Å²) in [6, 6.07) is 5.04. The lowest BCUT2D eigenvalue weighted by Crippen LogP contribution is -2.53. The first kappa shape index (κ1) is 28.2. The average molecular weight is 613 g/mol. The van der Waals surface area contributed by atoms with Gasteiger partial charge in [-0.1, -0.05) is 11.6 Å². The summed E-state index contributed by atoms with van der Waals surface area (Å²) < 4.78 is 24.6. The van der Waals surface area contributed by atoms with Crippen LogP contribution >= 0.6 is 27.5 Å². The number of benzene rings is 1. The van der Waals surface area contributed by atoms with Gasteiger partial charge in [0.1, 0.15) is 44.3 Å². The van der Waals surface area contributed by atoms with E-state index in [0.717, 1.165) is 5.56 Å². The molecule has 2 unspecified atom stereocenters. The van der Waals surface area contributed by atoms with Gasteiger partial charge in [-0.2, -0.15) is 0 Å². The van der Waals surface area contributed by atoms with Crippen molar-refractivity contribution in [3.05, 3.63) is 45.5 Å². The van der Waals surface area contributed by atoms with Gasteiger partial charge in [-0.15, -0.1) is 0 Å². The first-order chi connectivity index (χ1) is 18.1. The van der Waals surface area contributed by atoms with Gasteiger partial charge in [-0.25, -0.2) is 14.8 Å². The minimum absolute atomic E-state index is 0.109. The molecule has 0 saturated carbocycles. The number of anilines is 1. The molecule has 13 heteroatoms. The molecule has 38 heavy (non-hydrogen) atoms. The lowest BCUT2D eigenvalue weighted by Gasteiger charge is -2.38. The first-order valence-corrected chi connectivity index (χ1v) is 13.1. The molecule has 0 radical (unpaired) electrons. The fourth-order valence-corrected chi connectivity index (χ4v) is 4.90. The fraction of sp³-hybridized carbons (Fsp3) is 0.480. The van der Waals surface area contributed by atoms with Crippen LogP contribution in [0, 0.1) is 0 Å². The summed E-state index contributed by atoms with van der Waals surface area (Å²) in [6.45, 7) is 5.76. The van der Waals surface area contributed by atoms with E-state index < -0.39 is 23.8 Å². The third-order valence-electron chi connectivity index (χ3n) is 5.96. The molecule has 4 rings (SSSR count). The summed E-state index contributed by atoms with van der Waals surface area (Å²) in [6.07, 6.45) is 0.358. The Morgan fingerprint density at radius 1 is 1.32 bits per heavy atom. The van der Waals surface area contributed by atoms with Gasteiger partial charge in [0.15, 0.2) is 5.82 Å². The molecule has 3 aromatic rings. The molecule has 0 spiro atoms. The summed E-state index contributed by atoms with van der Waals surface area (Å²) in [4.78, 5) is 23.5. The van der Waals surface area contributed by atoms with Crippen LogP contribution in [0.2, 0.25) is 5.15 Å². The van der Waals surface area contributed by atoms with Gasteiger partial charge in [0.05, 0.1) is 46.2 Å². The topological polar surface area (TPSA) is 120 Å². The minimum Gasteiger partial charge on any atom is -0.497 e. The lowest BCUT2D eigenvalue weighted by molar-refractivity contribution is -0.0845. The number of halogens is 2. The molecule has 1 aliphatic heterocycles. The molecule has 0 aliphatic carbocycles. The number of nitrogens with zero attached hydrogens (tertiary/aromatic N) is 4. The quantitative estimate of drug-likeness (QED) is 0.399. The standard InChI is InChI=1S/C25H31BrClN5O6/c1-25(2,3)38-24(34)31-11-18(37-13-15(31)12-33)23-30-21(26)20-22(29-10-19(27)32(20)23)28-9-14-6-7-16(35-4)8-17(14)36-5/h6-8,10,15,18,33H,9,11-13H2,1-5H3,(H,28,29). The average Bonchev–Trinajstić information content (AvgIpc) is 3.25. The first-order valence-electron chi connectivity index (χ1n) is 12.0. The number of hydrogen-bond donors (Lipinski definition) is 2. The van der Waals surface area contributed by atoms with E-state index in [-0.39, 0.29) is 19.8 Å². The number of fused-ring (bicyclic) bond motifs is 1. The molecule has 1 saturated heterocycles. The summed E-state index contributed by atoms with van der Waals surface area (Å²) in [5.41, 5.74) is 0.824. The molecule has 2 aromatic heterocycles. The van der Waals surface area contributed by atoms with E-state index in [9.17, 15) is 9.90 Å². The van der Waals surface area contributed by atoms with Crippen LogP contribution in [-0.4, -0.2) is 76.1 Å². The highest BCUT2D eigenvalue weighted by atomic mass is 79.9. The van der Waals surface area contributed by atoms with Crippen molar-refractivity contribution in [1.82, 2.24) is 19.3 Å². The van der Waals surface area contributed by atoms with Crippen LogP contribution in [0.3, 0.4) is 0 Å². The second-order valence-electron chi connectivity index (χ2n) is 9.70. The third kappa shape index (κ3) is 5.93. The Labute approximate surface area is 234 Å². The highest BCUT2D eigenvalue weighted by Crippen LogP contribution is 2.34. The van der Waals surface area contributed by atoms with Crippen molar-refractivity contribution in [3.8, 4) is 11.5 Å². The van der Waals surface area contributed by atoms with E-state index in [4.69, 9.17) is 30.5 Å². The SMILES string of the molecule is COc1ccc(CNc2ncc(Cl)n3c(C4CN(C(=O)OC(C)(C)C)C(CO)CO4)nc(Br)c23)c(OC)c1. The van der Waals surface area contributed by atoms with E-state index in [1.807, 2.05) is 18.2 Å². The smallest absolute Gasteiger partial charge is 0.410 e. The van der Waals surface area contributed by atoms with Crippen molar-refractivity contribution in [2.24, 2.45) is 0 Å². The monoisotopic (exact) mass is 611 g/mol. The van der Waals surface area contributed by atoms with Crippen molar-refractivity contribution in [1.29, 1.82) is 0 Å². The van der Waals surface area contributed by atoms with Crippen LogP contribution < -0.4 is 14.8 Å². The molecule has 1 aliphatic rings. The number of carbonyl (C=O) groups is 1. The third-order valence-corrected chi connectivity index (χ3v) is 6.78. The van der Waals surface area contributed by atoms with Crippen molar-refractivity contribution < 1.29 is 28.8 Å². The summed E-state index contributed by atoms with van der Waals surface area (Å²) in [5, 5.41) is 13.5. The zero-order valence-corrected chi connectivity index (χ0v) is 24.2. The Morgan fingerprint density at radius 2 is 2.08 bits per heavy atom. The molecule has 0 bridgehead atoms. The number of morpholine rings is 1. The number of rotatable bonds is 7. The second-order valence-corrected chi connectivity index (χ2v) is 10.8.